The van der Waals surface area contributed by atoms with Crippen LogP contribution in [0.1, 0.15) is 18.9 Å². The van der Waals surface area contributed by atoms with Crippen LogP contribution in [0.15, 0.2) is 30.3 Å². The second kappa shape index (κ2) is 5.61. The van der Waals surface area contributed by atoms with Crippen LogP contribution in [-0.2, 0) is 0 Å². The summed E-state index contributed by atoms with van der Waals surface area (Å²) >= 11 is 0. The van der Waals surface area contributed by atoms with Gasteiger partial charge in [-0.3, -0.25) is 0 Å². The molecule has 1 heterocycles. The minimum absolute atomic E-state index is 0.421. The molecule has 0 saturated carbocycles. The number of nitrogen functional groups attached to an aromatic ring is 2. The Kier molecular flexibility index (Phi) is 3.90. The fourth-order valence-electron chi connectivity index (χ4n) is 1.90. The summed E-state index contributed by atoms with van der Waals surface area (Å²) in [5, 5.41) is 0. The molecule has 0 radical (unpaired) electrons. The standard InChI is InChI=1S/C15H19N3O/c1-3-8-19-13-9-10(2)4-5-11(13)12-6-7-14(16)18-15(12)17/h4-7,9H,3,8H2,1-2H3,(H4,16,17,18). The summed E-state index contributed by atoms with van der Waals surface area (Å²) in [4.78, 5) is 4.09. The lowest BCUT2D eigenvalue weighted by atomic mass is 10.0. The Balaban J connectivity index is 2.48. The maximum absolute atomic E-state index is 5.94. The Hall–Kier alpha value is -2.23. The molecule has 19 heavy (non-hydrogen) atoms. The van der Waals surface area contributed by atoms with Crippen molar-refractivity contribution in [2.45, 2.75) is 20.3 Å². The highest BCUT2D eigenvalue weighted by molar-refractivity contribution is 5.79. The van der Waals surface area contributed by atoms with Crippen molar-refractivity contribution < 1.29 is 4.74 Å². The molecule has 2 rings (SSSR count). The Bertz CT molecular complexity index is 582. The van der Waals surface area contributed by atoms with Crippen molar-refractivity contribution in [2.75, 3.05) is 18.1 Å². The van der Waals surface area contributed by atoms with Gasteiger partial charge in [-0.2, -0.15) is 0 Å². The number of hydrogen-bond donors (Lipinski definition) is 2. The summed E-state index contributed by atoms with van der Waals surface area (Å²) in [5.41, 5.74) is 14.5. The second-order valence-corrected chi connectivity index (χ2v) is 4.52. The number of nitrogens with two attached hydrogens (primary N) is 2. The zero-order valence-corrected chi connectivity index (χ0v) is 11.3. The number of aromatic nitrogens is 1. The van der Waals surface area contributed by atoms with Crippen LogP contribution in [0.2, 0.25) is 0 Å². The molecule has 0 amide bonds. The monoisotopic (exact) mass is 257 g/mol. The Labute approximate surface area is 113 Å². The normalized spacial score (nSPS) is 10.4. The molecule has 4 nitrogen and oxygen atoms in total. The van der Waals surface area contributed by atoms with Crippen LogP contribution in [0.5, 0.6) is 5.75 Å². The minimum atomic E-state index is 0.421. The number of hydrogen-bond acceptors (Lipinski definition) is 4. The summed E-state index contributed by atoms with van der Waals surface area (Å²) in [6.45, 7) is 4.79. The van der Waals surface area contributed by atoms with Gasteiger partial charge in [0.1, 0.15) is 17.4 Å². The Morgan fingerprint density at radius 2 is 1.84 bits per heavy atom. The zero-order chi connectivity index (χ0) is 13.8. The third-order valence-electron chi connectivity index (χ3n) is 2.84. The smallest absolute Gasteiger partial charge is 0.133 e. The van der Waals surface area contributed by atoms with Crippen LogP contribution in [0.25, 0.3) is 11.1 Å². The molecule has 0 aliphatic heterocycles. The topological polar surface area (TPSA) is 74.2 Å². The van der Waals surface area contributed by atoms with Crippen LogP contribution in [0, 0.1) is 6.92 Å². The SMILES string of the molecule is CCCOc1cc(C)ccc1-c1ccc(N)nc1N. The summed E-state index contributed by atoms with van der Waals surface area (Å²) in [7, 11) is 0. The van der Waals surface area contributed by atoms with E-state index >= 15 is 0 Å². The van der Waals surface area contributed by atoms with Crippen molar-refractivity contribution in [3.05, 3.63) is 35.9 Å². The first-order valence-corrected chi connectivity index (χ1v) is 6.37. The van der Waals surface area contributed by atoms with Crippen molar-refractivity contribution in [3.8, 4) is 16.9 Å². The number of pyridine rings is 1. The van der Waals surface area contributed by atoms with Crippen molar-refractivity contribution >= 4 is 11.6 Å². The molecule has 100 valence electrons. The average molecular weight is 257 g/mol. The van der Waals surface area contributed by atoms with E-state index in [1.807, 2.05) is 31.2 Å². The van der Waals surface area contributed by atoms with Crippen molar-refractivity contribution in [3.63, 3.8) is 0 Å². The summed E-state index contributed by atoms with van der Waals surface area (Å²) < 4.78 is 5.79. The minimum Gasteiger partial charge on any atom is -0.493 e. The molecule has 0 bridgehead atoms. The van der Waals surface area contributed by atoms with Crippen molar-refractivity contribution in [1.82, 2.24) is 4.98 Å². The van der Waals surface area contributed by atoms with E-state index in [9.17, 15) is 0 Å². The average Bonchev–Trinajstić information content (AvgIpc) is 2.37. The van der Waals surface area contributed by atoms with Gasteiger partial charge >= 0.3 is 0 Å². The van der Waals surface area contributed by atoms with Crippen LogP contribution >= 0.6 is 0 Å². The molecule has 2 aromatic rings. The zero-order valence-electron chi connectivity index (χ0n) is 11.3. The molecule has 1 aromatic carbocycles. The quantitative estimate of drug-likeness (QED) is 0.883. The molecule has 0 spiro atoms. The number of nitrogens with zero attached hydrogens (tertiary/aromatic N) is 1. The molecule has 0 saturated heterocycles. The second-order valence-electron chi connectivity index (χ2n) is 4.52. The van der Waals surface area contributed by atoms with Gasteiger partial charge < -0.3 is 16.2 Å². The van der Waals surface area contributed by atoms with E-state index in [1.165, 1.54) is 0 Å². The number of ether oxygens (including phenoxy) is 1. The first-order valence-electron chi connectivity index (χ1n) is 6.37. The van der Waals surface area contributed by atoms with Gasteiger partial charge in [0.05, 0.1) is 6.61 Å². The Morgan fingerprint density at radius 1 is 1.11 bits per heavy atom. The highest BCUT2D eigenvalue weighted by atomic mass is 16.5. The molecule has 0 aliphatic carbocycles. The van der Waals surface area contributed by atoms with Gasteiger partial charge in [0.15, 0.2) is 0 Å². The largest absolute Gasteiger partial charge is 0.493 e. The van der Waals surface area contributed by atoms with E-state index in [1.54, 1.807) is 6.07 Å². The first kappa shape index (κ1) is 13.2. The number of anilines is 2. The first-order chi connectivity index (χ1) is 9.11. The van der Waals surface area contributed by atoms with E-state index in [-0.39, 0.29) is 0 Å². The van der Waals surface area contributed by atoms with Gasteiger partial charge in [-0.15, -0.1) is 0 Å². The maximum Gasteiger partial charge on any atom is 0.133 e. The van der Waals surface area contributed by atoms with E-state index in [4.69, 9.17) is 16.2 Å². The lowest BCUT2D eigenvalue weighted by molar-refractivity contribution is 0.318. The van der Waals surface area contributed by atoms with Gasteiger partial charge in [-0.05, 0) is 37.1 Å². The number of benzene rings is 1. The number of rotatable bonds is 4. The van der Waals surface area contributed by atoms with E-state index < -0.39 is 0 Å². The van der Waals surface area contributed by atoms with E-state index in [2.05, 4.69) is 11.9 Å². The van der Waals surface area contributed by atoms with Crippen LogP contribution in [0.3, 0.4) is 0 Å². The third kappa shape index (κ3) is 2.96. The van der Waals surface area contributed by atoms with E-state index in [0.717, 1.165) is 28.9 Å². The summed E-state index contributed by atoms with van der Waals surface area (Å²) in [5.74, 6) is 1.68. The highest BCUT2D eigenvalue weighted by Gasteiger charge is 2.10. The molecule has 0 unspecified atom stereocenters. The van der Waals surface area contributed by atoms with Gasteiger partial charge in [0.25, 0.3) is 0 Å². The lowest BCUT2D eigenvalue weighted by Crippen LogP contribution is -2.01. The van der Waals surface area contributed by atoms with Gasteiger partial charge in [0, 0.05) is 11.1 Å². The molecular formula is C15H19N3O. The summed E-state index contributed by atoms with van der Waals surface area (Å²) in [6.07, 6.45) is 0.961. The van der Waals surface area contributed by atoms with Crippen LogP contribution in [0.4, 0.5) is 11.6 Å². The van der Waals surface area contributed by atoms with Crippen LogP contribution < -0.4 is 16.2 Å². The van der Waals surface area contributed by atoms with Crippen LogP contribution in [-0.4, -0.2) is 11.6 Å². The fraction of sp³-hybridized carbons (Fsp3) is 0.267. The number of aryl methyl sites for hydroxylation is 1. The molecule has 0 fully saturated rings. The maximum atomic E-state index is 5.94. The molecule has 4 N–H and O–H groups in total. The molecule has 0 aliphatic rings. The predicted octanol–water partition coefficient (Wildman–Crippen LogP) is 3.01. The van der Waals surface area contributed by atoms with Gasteiger partial charge in [-0.1, -0.05) is 19.1 Å². The molecule has 1 aromatic heterocycles. The fourth-order valence-corrected chi connectivity index (χ4v) is 1.90. The highest BCUT2D eigenvalue weighted by Crippen LogP contribution is 2.34. The van der Waals surface area contributed by atoms with E-state index in [0.29, 0.717) is 18.2 Å². The van der Waals surface area contributed by atoms with Crippen molar-refractivity contribution in [2.24, 2.45) is 0 Å². The van der Waals surface area contributed by atoms with Gasteiger partial charge in [0.2, 0.25) is 0 Å². The summed E-state index contributed by atoms with van der Waals surface area (Å²) in [6, 6.07) is 9.67. The Morgan fingerprint density at radius 3 is 2.53 bits per heavy atom. The lowest BCUT2D eigenvalue weighted by Gasteiger charge is -2.13. The third-order valence-corrected chi connectivity index (χ3v) is 2.84. The van der Waals surface area contributed by atoms with Crippen molar-refractivity contribution in [1.29, 1.82) is 0 Å². The molecule has 4 heteroatoms. The molecular weight excluding hydrogens is 238 g/mol. The van der Waals surface area contributed by atoms with Gasteiger partial charge in [-0.25, -0.2) is 4.98 Å². The molecule has 0 atom stereocenters. The predicted molar refractivity (Wildman–Crippen MR) is 79.0 cm³/mol.